The molecule has 0 spiro atoms. The quantitative estimate of drug-likeness (QED) is 0.798. The van der Waals surface area contributed by atoms with Gasteiger partial charge in [0.25, 0.3) is 0 Å². The van der Waals surface area contributed by atoms with Gasteiger partial charge in [-0.25, -0.2) is 22.7 Å². The van der Waals surface area contributed by atoms with Crippen molar-refractivity contribution in [2.75, 3.05) is 0 Å². The highest BCUT2D eigenvalue weighted by atomic mass is 79.9. The third kappa shape index (κ3) is 5.93. The normalized spacial score (nSPS) is 15.9. The number of rotatable bonds is 5. The smallest absolute Gasteiger partial charge is 0.244 e. The Morgan fingerprint density at radius 2 is 1.95 bits per heavy atom. The molecule has 0 saturated carbocycles. The van der Waals surface area contributed by atoms with Crippen molar-refractivity contribution in [2.24, 2.45) is 0 Å². The molecule has 1 aromatic heterocycles. The van der Waals surface area contributed by atoms with Crippen molar-refractivity contribution in [1.82, 2.24) is 9.71 Å². The van der Waals surface area contributed by atoms with Gasteiger partial charge in [-0.1, -0.05) is 6.07 Å². The van der Waals surface area contributed by atoms with E-state index in [0.29, 0.717) is 10.3 Å². The lowest BCUT2D eigenvalue weighted by molar-refractivity contribution is 0.00429. The molecule has 114 valence electrons. The maximum Gasteiger partial charge on any atom is 0.247 e. The molecule has 1 N–H and O–H groups in total. The lowest BCUT2D eigenvalue weighted by Gasteiger charge is -2.25. The first-order valence-electron chi connectivity index (χ1n) is 6.17. The van der Waals surface area contributed by atoms with Gasteiger partial charge in [-0.3, -0.25) is 0 Å². The first kappa shape index (κ1) is 17.7. The van der Waals surface area contributed by atoms with Crippen LogP contribution in [0.3, 0.4) is 0 Å². The predicted molar refractivity (Wildman–Crippen MR) is 80.9 cm³/mol. The number of alkyl halides is 2. The molecule has 0 bridgehead atoms. The Hall–Kier alpha value is -0.400. The highest BCUT2D eigenvalue weighted by Crippen LogP contribution is 2.29. The van der Waals surface area contributed by atoms with E-state index in [0.717, 1.165) is 6.92 Å². The maximum absolute atomic E-state index is 13.3. The molecule has 1 aromatic rings. The molecule has 0 radical (unpaired) electrons. The predicted octanol–water partition coefficient (Wildman–Crippen LogP) is 3.98. The number of aromatic nitrogens is 1. The van der Waals surface area contributed by atoms with Crippen LogP contribution >= 0.6 is 15.9 Å². The van der Waals surface area contributed by atoms with E-state index in [1.165, 1.54) is 0 Å². The van der Waals surface area contributed by atoms with Crippen molar-refractivity contribution in [3.63, 3.8) is 0 Å². The molecular weight excluding hydrogens is 350 g/mol. The number of hydrogen-bond donors (Lipinski definition) is 1. The van der Waals surface area contributed by atoms with Gasteiger partial charge < -0.3 is 0 Å². The fraction of sp³-hybridized carbons (Fsp3) is 0.615. The van der Waals surface area contributed by atoms with Gasteiger partial charge in [0.1, 0.15) is 4.60 Å². The molecule has 0 fully saturated rings. The summed E-state index contributed by atoms with van der Waals surface area (Å²) in [6.07, 6.45) is -0.460. The molecule has 0 aromatic carbocycles. The number of nitrogens with zero attached hydrogens (tertiary/aromatic N) is 1. The van der Waals surface area contributed by atoms with Crippen LogP contribution in [0, 0.1) is 0 Å². The second kappa shape index (κ2) is 6.58. The summed E-state index contributed by atoms with van der Waals surface area (Å²) < 4.78 is 41.6. The summed E-state index contributed by atoms with van der Waals surface area (Å²) in [5.41, 5.74) is 0.443. The Kier molecular flexibility index (Phi) is 5.80. The van der Waals surface area contributed by atoms with Crippen LogP contribution in [0.4, 0.5) is 8.78 Å². The Bertz CT molecular complexity index is 486. The molecule has 0 saturated heterocycles. The van der Waals surface area contributed by atoms with Gasteiger partial charge in [0.05, 0.1) is 27.5 Å². The van der Waals surface area contributed by atoms with Gasteiger partial charge >= 0.3 is 0 Å². The summed E-state index contributed by atoms with van der Waals surface area (Å²) in [6.45, 7) is 6.20. The topological polar surface area (TPSA) is 42.0 Å². The van der Waals surface area contributed by atoms with Gasteiger partial charge in [-0.2, -0.15) is 0 Å². The molecule has 1 rings (SSSR count). The van der Waals surface area contributed by atoms with Crippen LogP contribution in [0.5, 0.6) is 0 Å². The zero-order valence-corrected chi connectivity index (χ0v) is 14.3. The van der Waals surface area contributed by atoms with E-state index in [2.05, 4.69) is 25.6 Å². The van der Waals surface area contributed by atoms with Crippen LogP contribution in [0.1, 0.15) is 45.9 Å². The molecule has 0 aliphatic rings. The fourth-order valence-corrected chi connectivity index (χ4v) is 2.66. The monoisotopic (exact) mass is 368 g/mol. The van der Waals surface area contributed by atoms with Crippen molar-refractivity contribution in [2.45, 2.75) is 50.8 Å². The minimum atomic E-state index is -2.87. The van der Waals surface area contributed by atoms with Crippen LogP contribution in [-0.2, 0) is 11.0 Å². The molecule has 2 atom stereocenters. The minimum Gasteiger partial charge on any atom is -0.244 e. The van der Waals surface area contributed by atoms with Crippen molar-refractivity contribution in [3.8, 4) is 0 Å². The van der Waals surface area contributed by atoms with Crippen molar-refractivity contribution >= 4 is 26.9 Å². The molecule has 0 unspecified atom stereocenters. The number of pyridine rings is 1. The highest BCUT2D eigenvalue weighted by Gasteiger charge is 2.31. The number of nitrogens with one attached hydrogen (secondary N) is 1. The lowest BCUT2D eigenvalue weighted by atomic mass is 10.1. The van der Waals surface area contributed by atoms with E-state index in [-0.39, 0.29) is 0 Å². The Morgan fingerprint density at radius 3 is 2.40 bits per heavy atom. The summed E-state index contributed by atoms with van der Waals surface area (Å²) in [5, 5.41) is 0. The van der Waals surface area contributed by atoms with Gasteiger partial charge in [0.2, 0.25) is 5.92 Å². The van der Waals surface area contributed by atoms with Crippen LogP contribution < -0.4 is 4.72 Å². The zero-order chi connectivity index (χ0) is 15.6. The number of halogens is 3. The summed E-state index contributed by atoms with van der Waals surface area (Å²) in [4.78, 5) is 4.18. The van der Waals surface area contributed by atoms with E-state index in [1.54, 1.807) is 39.0 Å². The average Bonchev–Trinajstić information content (AvgIpc) is 2.25. The standard InChI is InChI=1S/C13H19BrF2N2OS/c1-12(2,3)20(19)18-10(8-13(4,15)16)9-6-5-7-11(14)17-9/h5-7,10,18H,8H2,1-4H3/t10-,20+/m0/s1. The third-order valence-corrected chi connectivity index (χ3v) is 4.51. The van der Waals surface area contributed by atoms with Crippen LogP contribution in [-0.4, -0.2) is 19.9 Å². The Labute approximate surface area is 129 Å². The van der Waals surface area contributed by atoms with Crippen molar-refractivity contribution < 1.29 is 13.0 Å². The van der Waals surface area contributed by atoms with E-state index in [4.69, 9.17) is 0 Å². The molecule has 0 aliphatic heterocycles. The summed E-state index contributed by atoms with van der Waals surface area (Å²) in [5.74, 6) is -2.87. The second-order valence-electron chi connectivity index (χ2n) is 5.71. The van der Waals surface area contributed by atoms with Gasteiger partial charge in [-0.05, 0) is 55.8 Å². The molecule has 1 heterocycles. The van der Waals surface area contributed by atoms with E-state index >= 15 is 0 Å². The summed E-state index contributed by atoms with van der Waals surface area (Å²) >= 11 is 3.21. The molecule has 7 heteroatoms. The van der Waals surface area contributed by atoms with Crippen molar-refractivity contribution in [3.05, 3.63) is 28.5 Å². The Balaban J connectivity index is 3.00. The number of hydrogen-bond acceptors (Lipinski definition) is 2. The van der Waals surface area contributed by atoms with Crippen LogP contribution in [0.2, 0.25) is 0 Å². The fourth-order valence-electron chi connectivity index (χ4n) is 1.49. The summed E-state index contributed by atoms with van der Waals surface area (Å²) in [7, 11) is -1.45. The van der Waals surface area contributed by atoms with E-state index in [1.807, 2.05) is 0 Å². The minimum absolute atomic E-state index is 0.443. The second-order valence-corrected chi connectivity index (χ2v) is 8.52. The lowest BCUT2D eigenvalue weighted by Crippen LogP contribution is -2.37. The molecular formula is C13H19BrF2N2OS. The summed E-state index contributed by atoms with van der Waals surface area (Å²) in [6, 6.07) is 4.31. The molecule has 0 aliphatic carbocycles. The first-order valence-corrected chi connectivity index (χ1v) is 8.12. The largest absolute Gasteiger partial charge is 0.247 e. The van der Waals surface area contributed by atoms with Crippen LogP contribution in [0.15, 0.2) is 22.8 Å². The average molecular weight is 369 g/mol. The SMILES string of the molecule is CC(F)(F)C[C@H](N[S@](=O)C(C)(C)C)c1cccc(Br)n1. The van der Waals surface area contributed by atoms with E-state index < -0.39 is 34.1 Å². The molecule has 0 amide bonds. The zero-order valence-electron chi connectivity index (χ0n) is 11.9. The Morgan fingerprint density at radius 1 is 1.35 bits per heavy atom. The van der Waals surface area contributed by atoms with Crippen molar-refractivity contribution in [1.29, 1.82) is 0 Å². The van der Waals surface area contributed by atoms with Gasteiger partial charge in [-0.15, -0.1) is 0 Å². The first-order chi connectivity index (χ1) is 8.99. The molecule has 3 nitrogen and oxygen atoms in total. The van der Waals surface area contributed by atoms with Gasteiger partial charge in [0, 0.05) is 6.42 Å². The van der Waals surface area contributed by atoms with Gasteiger partial charge in [0.15, 0.2) is 0 Å². The highest BCUT2D eigenvalue weighted by molar-refractivity contribution is 9.10. The van der Waals surface area contributed by atoms with E-state index in [9.17, 15) is 13.0 Å². The van der Waals surface area contributed by atoms with Crippen LogP contribution in [0.25, 0.3) is 0 Å². The molecule has 20 heavy (non-hydrogen) atoms. The maximum atomic E-state index is 13.3. The third-order valence-electron chi connectivity index (χ3n) is 2.46.